The monoisotopic (exact) mass is 177 g/mol. The van der Waals surface area contributed by atoms with Crippen LogP contribution in [-0.2, 0) is 9.73 Å². The molecular formula is C8H19NOS. The topological polar surface area (TPSA) is 29.4 Å². The Hall–Kier alpha value is -0.0500. The van der Waals surface area contributed by atoms with Crippen molar-refractivity contribution in [2.45, 2.75) is 44.6 Å². The van der Waals surface area contributed by atoms with Crippen LogP contribution in [0.25, 0.3) is 0 Å². The Labute approximate surface area is 70.6 Å². The smallest absolute Gasteiger partial charge is 0.0538 e. The molecule has 0 saturated heterocycles. The molecule has 0 N–H and O–H groups in total. The van der Waals surface area contributed by atoms with Crippen LogP contribution in [-0.4, -0.2) is 21.3 Å². The first kappa shape index (κ1) is 11.0. The molecular weight excluding hydrogens is 158 g/mol. The van der Waals surface area contributed by atoms with Crippen molar-refractivity contribution in [3.8, 4) is 0 Å². The van der Waals surface area contributed by atoms with E-state index in [4.69, 9.17) is 0 Å². The second kappa shape index (κ2) is 3.13. The molecule has 0 spiro atoms. The summed E-state index contributed by atoms with van der Waals surface area (Å²) in [5, 5.41) is 0.132. The van der Waals surface area contributed by atoms with Gasteiger partial charge in [-0.05, 0) is 20.8 Å². The quantitative estimate of drug-likeness (QED) is 0.604. The van der Waals surface area contributed by atoms with Crippen molar-refractivity contribution in [1.82, 2.24) is 0 Å². The van der Waals surface area contributed by atoms with E-state index in [0.717, 1.165) is 0 Å². The van der Waals surface area contributed by atoms with Gasteiger partial charge in [-0.1, -0.05) is 13.8 Å². The van der Waals surface area contributed by atoms with Gasteiger partial charge in [-0.3, -0.25) is 0 Å². The van der Waals surface area contributed by atoms with Crippen LogP contribution in [0.1, 0.15) is 34.6 Å². The zero-order chi connectivity index (χ0) is 9.28. The summed E-state index contributed by atoms with van der Waals surface area (Å²) in [6.45, 7) is 9.84. The van der Waals surface area contributed by atoms with Gasteiger partial charge < -0.3 is 0 Å². The van der Waals surface area contributed by atoms with Crippen LogP contribution in [0.2, 0.25) is 0 Å². The lowest BCUT2D eigenvalue weighted by Gasteiger charge is -2.26. The highest BCUT2D eigenvalue weighted by Gasteiger charge is 2.28. The molecule has 0 radical (unpaired) electrons. The van der Waals surface area contributed by atoms with E-state index in [1.165, 1.54) is 0 Å². The molecule has 0 rings (SSSR count). The van der Waals surface area contributed by atoms with Gasteiger partial charge in [0, 0.05) is 17.0 Å². The summed E-state index contributed by atoms with van der Waals surface area (Å²) >= 11 is 0. The first-order valence-electron chi connectivity index (χ1n) is 3.89. The lowest BCUT2D eigenvalue weighted by Crippen LogP contribution is -2.33. The molecule has 11 heavy (non-hydrogen) atoms. The van der Waals surface area contributed by atoms with Crippen LogP contribution < -0.4 is 0 Å². The molecule has 0 heterocycles. The lowest BCUT2D eigenvalue weighted by molar-refractivity contribution is 0.630. The van der Waals surface area contributed by atoms with Crippen molar-refractivity contribution < 1.29 is 4.21 Å². The maximum atomic E-state index is 12.1. The summed E-state index contributed by atoms with van der Waals surface area (Å²) in [4.78, 5) is 0. The zero-order valence-electron chi connectivity index (χ0n) is 8.34. The van der Waals surface area contributed by atoms with Crippen molar-refractivity contribution in [2.24, 2.45) is 4.36 Å². The molecule has 0 aliphatic rings. The average molecular weight is 177 g/mol. The van der Waals surface area contributed by atoms with E-state index in [1.807, 2.05) is 34.6 Å². The van der Waals surface area contributed by atoms with Gasteiger partial charge in [0.1, 0.15) is 0 Å². The Kier molecular flexibility index (Phi) is 3.12. The average Bonchev–Trinajstić information content (AvgIpc) is 1.83. The maximum Gasteiger partial charge on any atom is 0.0538 e. The SMILES string of the molecule is CN=S(=O)(C(C)C)C(C)(C)C. The van der Waals surface area contributed by atoms with Crippen molar-refractivity contribution in [1.29, 1.82) is 0 Å². The highest BCUT2D eigenvalue weighted by Crippen LogP contribution is 2.22. The summed E-state index contributed by atoms with van der Waals surface area (Å²) < 4.78 is 15.9. The maximum absolute atomic E-state index is 12.1. The number of hydrogen-bond donors (Lipinski definition) is 0. The predicted octanol–water partition coefficient (Wildman–Crippen LogP) is 2.29. The molecule has 0 fully saturated rings. The Morgan fingerprint density at radius 3 is 1.64 bits per heavy atom. The molecule has 3 heteroatoms. The molecule has 68 valence electrons. The van der Waals surface area contributed by atoms with Crippen molar-refractivity contribution >= 4 is 9.73 Å². The fourth-order valence-corrected chi connectivity index (χ4v) is 3.58. The van der Waals surface area contributed by atoms with Gasteiger partial charge in [0.25, 0.3) is 0 Å². The summed E-state index contributed by atoms with van der Waals surface area (Å²) in [5.41, 5.74) is 0. The third-order valence-corrected chi connectivity index (χ3v) is 5.36. The van der Waals surface area contributed by atoms with Gasteiger partial charge >= 0.3 is 0 Å². The normalized spacial score (nSPS) is 18.1. The standard InChI is InChI=1S/C8H19NOS/c1-7(2)11(10,9-6)8(3,4)5/h7H,1-6H3. The van der Waals surface area contributed by atoms with Crippen LogP contribution in [0.15, 0.2) is 4.36 Å². The Morgan fingerprint density at radius 2 is 1.64 bits per heavy atom. The van der Waals surface area contributed by atoms with Crippen LogP contribution in [0.3, 0.4) is 0 Å². The van der Waals surface area contributed by atoms with Crippen LogP contribution >= 0.6 is 0 Å². The van der Waals surface area contributed by atoms with Crippen LogP contribution in [0, 0.1) is 0 Å². The fraction of sp³-hybridized carbons (Fsp3) is 1.00. The Balaban J connectivity index is 5.14. The molecule has 0 bridgehead atoms. The van der Waals surface area contributed by atoms with Crippen molar-refractivity contribution in [3.63, 3.8) is 0 Å². The lowest BCUT2D eigenvalue weighted by atomic mass is 10.3. The third-order valence-electron chi connectivity index (χ3n) is 1.79. The van der Waals surface area contributed by atoms with Crippen molar-refractivity contribution in [3.05, 3.63) is 0 Å². The fourth-order valence-electron chi connectivity index (χ4n) is 1.19. The van der Waals surface area contributed by atoms with Gasteiger partial charge in [-0.2, -0.15) is 0 Å². The minimum atomic E-state index is -2.03. The summed E-state index contributed by atoms with van der Waals surface area (Å²) in [6, 6.07) is 0. The van der Waals surface area contributed by atoms with E-state index < -0.39 is 9.73 Å². The van der Waals surface area contributed by atoms with E-state index in [9.17, 15) is 4.21 Å². The molecule has 1 unspecified atom stereocenters. The van der Waals surface area contributed by atoms with E-state index >= 15 is 0 Å². The van der Waals surface area contributed by atoms with Gasteiger partial charge in [-0.15, -0.1) is 0 Å². The molecule has 0 aromatic heterocycles. The molecule has 0 aromatic rings. The Morgan fingerprint density at radius 1 is 1.27 bits per heavy atom. The van der Waals surface area contributed by atoms with Gasteiger partial charge in [-0.25, -0.2) is 8.57 Å². The second-order valence-electron chi connectivity index (χ2n) is 3.91. The minimum absolute atomic E-state index is 0.132. The third kappa shape index (κ3) is 1.95. The van der Waals surface area contributed by atoms with Gasteiger partial charge in [0.05, 0.1) is 9.73 Å². The summed E-state index contributed by atoms with van der Waals surface area (Å²) in [7, 11) is -0.388. The van der Waals surface area contributed by atoms with Crippen LogP contribution in [0.5, 0.6) is 0 Å². The molecule has 0 amide bonds. The largest absolute Gasteiger partial charge is 0.249 e. The highest BCUT2D eigenvalue weighted by molar-refractivity contribution is 7.95. The molecule has 2 nitrogen and oxygen atoms in total. The molecule has 1 atom stereocenters. The summed E-state index contributed by atoms with van der Waals surface area (Å²) in [6.07, 6.45) is 0. The molecule has 0 saturated carbocycles. The number of nitrogens with zero attached hydrogens (tertiary/aromatic N) is 1. The summed E-state index contributed by atoms with van der Waals surface area (Å²) in [5.74, 6) is 0. The van der Waals surface area contributed by atoms with E-state index in [2.05, 4.69) is 4.36 Å². The first-order valence-corrected chi connectivity index (χ1v) is 5.47. The van der Waals surface area contributed by atoms with Crippen molar-refractivity contribution in [2.75, 3.05) is 7.05 Å². The van der Waals surface area contributed by atoms with E-state index in [1.54, 1.807) is 7.05 Å². The molecule has 0 aliphatic heterocycles. The second-order valence-corrected chi connectivity index (χ2v) is 7.58. The van der Waals surface area contributed by atoms with Gasteiger partial charge in [0.15, 0.2) is 0 Å². The predicted molar refractivity (Wildman–Crippen MR) is 51.4 cm³/mol. The highest BCUT2D eigenvalue weighted by atomic mass is 32.2. The zero-order valence-corrected chi connectivity index (χ0v) is 9.16. The van der Waals surface area contributed by atoms with Crippen LogP contribution in [0.4, 0.5) is 0 Å². The van der Waals surface area contributed by atoms with E-state index in [0.29, 0.717) is 0 Å². The molecule has 0 aromatic carbocycles. The van der Waals surface area contributed by atoms with E-state index in [-0.39, 0.29) is 10.00 Å². The number of hydrogen-bond acceptors (Lipinski definition) is 2. The minimum Gasteiger partial charge on any atom is -0.249 e. The molecule has 0 aliphatic carbocycles. The Bertz CT molecular complexity index is 229. The van der Waals surface area contributed by atoms with Gasteiger partial charge in [0.2, 0.25) is 0 Å². The number of rotatable bonds is 1. The first-order chi connectivity index (χ1) is 4.75.